The van der Waals surface area contributed by atoms with E-state index in [1.807, 2.05) is 0 Å². The lowest BCUT2D eigenvalue weighted by Crippen LogP contribution is -2.44. The molecule has 0 saturated carbocycles. The highest BCUT2D eigenvalue weighted by Crippen LogP contribution is 2.09. The van der Waals surface area contributed by atoms with Crippen LogP contribution in [0.5, 0.6) is 0 Å². The Morgan fingerprint density at radius 2 is 2.06 bits per heavy atom. The van der Waals surface area contributed by atoms with Gasteiger partial charge in [0.15, 0.2) is 0 Å². The molecule has 0 bridgehead atoms. The van der Waals surface area contributed by atoms with Crippen LogP contribution in [-0.2, 0) is 16.0 Å². The quantitative estimate of drug-likeness (QED) is 0.670. The molecule has 0 aromatic heterocycles. The smallest absolute Gasteiger partial charge is 0.326 e. The third-order valence-corrected chi connectivity index (χ3v) is 2.20. The number of amides is 1. The van der Waals surface area contributed by atoms with E-state index < -0.39 is 23.7 Å². The second-order valence-corrected chi connectivity index (χ2v) is 3.46. The zero-order chi connectivity index (χ0) is 12.8. The maximum absolute atomic E-state index is 13.3. The fourth-order valence-electron chi connectivity index (χ4n) is 1.34. The first kappa shape index (κ1) is 13.1. The number of halogens is 1. The van der Waals surface area contributed by atoms with E-state index in [4.69, 9.17) is 10.8 Å². The van der Waals surface area contributed by atoms with E-state index in [1.54, 1.807) is 6.07 Å². The summed E-state index contributed by atoms with van der Waals surface area (Å²) in [5.74, 6) is -2.32. The first-order valence-corrected chi connectivity index (χ1v) is 5.00. The van der Waals surface area contributed by atoms with Crippen LogP contribution >= 0.6 is 0 Å². The predicted molar refractivity (Wildman–Crippen MR) is 58.7 cm³/mol. The number of carbonyl (C=O) groups excluding carboxylic acids is 1. The minimum atomic E-state index is -1.23. The molecule has 0 saturated heterocycles. The fraction of sp³-hybridized carbons (Fsp3) is 0.273. The van der Waals surface area contributed by atoms with Crippen LogP contribution in [0, 0.1) is 5.82 Å². The number of carbonyl (C=O) groups is 2. The van der Waals surface area contributed by atoms with Gasteiger partial charge in [-0.1, -0.05) is 18.2 Å². The molecule has 1 amide bonds. The van der Waals surface area contributed by atoms with Crippen molar-refractivity contribution in [2.75, 3.05) is 6.54 Å². The van der Waals surface area contributed by atoms with E-state index >= 15 is 0 Å². The Kier molecular flexibility index (Phi) is 4.59. The number of benzene rings is 1. The molecular weight excluding hydrogens is 227 g/mol. The van der Waals surface area contributed by atoms with Crippen molar-refractivity contribution in [2.24, 2.45) is 5.73 Å². The number of aliphatic carboxylic acids is 1. The predicted octanol–water partition coefficient (Wildman–Crippen LogP) is -0.104. The first-order chi connectivity index (χ1) is 8.04. The summed E-state index contributed by atoms with van der Waals surface area (Å²) in [5, 5.41) is 11.1. The molecule has 1 atom stereocenters. The Morgan fingerprint density at radius 1 is 1.41 bits per heavy atom. The van der Waals surface area contributed by atoms with Crippen LogP contribution in [0.4, 0.5) is 4.39 Å². The SMILES string of the molecule is NCC(=O)NC(Cc1ccccc1F)C(=O)O. The molecule has 5 nitrogen and oxygen atoms in total. The number of nitrogens with two attached hydrogens (primary N) is 1. The Labute approximate surface area is 97.4 Å². The van der Waals surface area contributed by atoms with Gasteiger partial charge in [0, 0.05) is 6.42 Å². The maximum atomic E-state index is 13.3. The summed E-state index contributed by atoms with van der Waals surface area (Å²) in [7, 11) is 0. The molecule has 0 spiro atoms. The van der Waals surface area contributed by atoms with Crippen molar-refractivity contribution in [3.05, 3.63) is 35.6 Å². The van der Waals surface area contributed by atoms with Gasteiger partial charge in [0.2, 0.25) is 5.91 Å². The summed E-state index contributed by atoms with van der Waals surface area (Å²) < 4.78 is 13.3. The highest BCUT2D eigenvalue weighted by Gasteiger charge is 2.20. The summed E-state index contributed by atoms with van der Waals surface area (Å²) in [4.78, 5) is 21.9. The van der Waals surface area contributed by atoms with E-state index in [0.29, 0.717) is 0 Å². The summed E-state index contributed by atoms with van der Waals surface area (Å²) in [5.41, 5.74) is 5.30. The van der Waals surface area contributed by atoms with Crippen LogP contribution in [0.25, 0.3) is 0 Å². The van der Waals surface area contributed by atoms with Gasteiger partial charge in [-0.3, -0.25) is 4.79 Å². The molecule has 0 fully saturated rings. The van der Waals surface area contributed by atoms with Gasteiger partial charge in [-0.2, -0.15) is 0 Å². The number of hydrogen-bond donors (Lipinski definition) is 3. The highest BCUT2D eigenvalue weighted by atomic mass is 19.1. The summed E-state index contributed by atoms with van der Waals surface area (Å²) in [6, 6.07) is 4.64. The van der Waals surface area contributed by atoms with Crippen LogP contribution in [0.3, 0.4) is 0 Å². The third kappa shape index (κ3) is 3.84. The average molecular weight is 240 g/mol. The zero-order valence-electron chi connectivity index (χ0n) is 9.02. The number of carboxylic acids is 1. The fourth-order valence-corrected chi connectivity index (χ4v) is 1.34. The standard InChI is InChI=1S/C11H13FN2O3/c12-8-4-2-1-3-7(8)5-9(11(16)17)14-10(15)6-13/h1-4,9H,5-6,13H2,(H,14,15)(H,16,17). The van der Waals surface area contributed by atoms with E-state index in [-0.39, 0.29) is 18.5 Å². The van der Waals surface area contributed by atoms with Crippen molar-refractivity contribution >= 4 is 11.9 Å². The highest BCUT2D eigenvalue weighted by molar-refractivity contribution is 5.84. The molecule has 0 aliphatic heterocycles. The van der Waals surface area contributed by atoms with Gasteiger partial charge < -0.3 is 16.2 Å². The van der Waals surface area contributed by atoms with Crippen LogP contribution in [0.2, 0.25) is 0 Å². The van der Waals surface area contributed by atoms with E-state index in [9.17, 15) is 14.0 Å². The molecule has 1 aromatic carbocycles. The molecule has 92 valence electrons. The Morgan fingerprint density at radius 3 is 2.59 bits per heavy atom. The van der Waals surface area contributed by atoms with Crippen molar-refractivity contribution in [1.82, 2.24) is 5.32 Å². The lowest BCUT2D eigenvalue weighted by Gasteiger charge is -2.14. The van der Waals surface area contributed by atoms with Crippen LogP contribution < -0.4 is 11.1 Å². The molecule has 6 heteroatoms. The number of carboxylic acid groups (broad SMARTS) is 1. The van der Waals surface area contributed by atoms with Crippen molar-refractivity contribution in [3.63, 3.8) is 0 Å². The van der Waals surface area contributed by atoms with Gasteiger partial charge in [-0.25, -0.2) is 9.18 Å². The van der Waals surface area contributed by atoms with Gasteiger partial charge in [-0.15, -0.1) is 0 Å². The van der Waals surface area contributed by atoms with Gasteiger partial charge in [0.05, 0.1) is 6.54 Å². The molecule has 0 radical (unpaired) electrons. The van der Waals surface area contributed by atoms with Gasteiger partial charge >= 0.3 is 5.97 Å². The van der Waals surface area contributed by atoms with Crippen molar-refractivity contribution in [3.8, 4) is 0 Å². The molecule has 4 N–H and O–H groups in total. The topological polar surface area (TPSA) is 92.4 Å². The van der Waals surface area contributed by atoms with Crippen molar-refractivity contribution in [1.29, 1.82) is 0 Å². The Balaban J connectivity index is 2.77. The molecule has 1 unspecified atom stereocenters. The second kappa shape index (κ2) is 5.95. The Bertz CT molecular complexity index is 423. The molecule has 17 heavy (non-hydrogen) atoms. The minimum Gasteiger partial charge on any atom is -0.480 e. The third-order valence-electron chi connectivity index (χ3n) is 2.20. The van der Waals surface area contributed by atoms with Gasteiger partial charge in [0.25, 0.3) is 0 Å². The minimum absolute atomic E-state index is 0.117. The van der Waals surface area contributed by atoms with Crippen molar-refractivity contribution < 1.29 is 19.1 Å². The summed E-state index contributed by atoms with van der Waals surface area (Å²) >= 11 is 0. The van der Waals surface area contributed by atoms with Gasteiger partial charge in [-0.05, 0) is 11.6 Å². The van der Waals surface area contributed by atoms with E-state index in [1.165, 1.54) is 18.2 Å². The molecule has 0 heterocycles. The molecule has 1 aromatic rings. The zero-order valence-corrected chi connectivity index (χ0v) is 9.02. The molecule has 1 rings (SSSR count). The van der Waals surface area contributed by atoms with E-state index in [0.717, 1.165) is 0 Å². The van der Waals surface area contributed by atoms with Gasteiger partial charge in [0.1, 0.15) is 11.9 Å². The monoisotopic (exact) mass is 240 g/mol. The molecule has 0 aliphatic carbocycles. The lowest BCUT2D eigenvalue weighted by molar-refractivity contribution is -0.141. The Hall–Kier alpha value is -1.95. The first-order valence-electron chi connectivity index (χ1n) is 5.00. The maximum Gasteiger partial charge on any atom is 0.326 e. The lowest BCUT2D eigenvalue weighted by atomic mass is 10.1. The van der Waals surface area contributed by atoms with Crippen LogP contribution in [0.1, 0.15) is 5.56 Å². The van der Waals surface area contributed by atoms with E-state index in [2.05, 4.69) is 5.32 Å². The molecular formula is C11H13FN2O3. The summed E-state index contributed by atoms with van der Waals surface area (Å²) in [6.45, 7) is -0.305. The van der Waals surface area contributed by atoms with Crippen LogP contribution in [-0.4, -0.2) is 29.6 Å². The largest absolute Gasteiger partial charge is 0.480 e. The molecule has 0 aliphatic rings. The summed E-state index contributed by atoms with van der Waals surface area (Å²) in [6.07, 6.45) is -0.117. The van der Waals surface area contributed by atoms with Crippen molar-refractivity contribution in [2.45, 2.75) is 12.5 Å². The second-order valence-electron chi connectivity index (χ2n) is 3.46. The van der Waals surface area contributed by atoms with Crippen LogP contribution in [0.15, 0.2) is 24.3 Å². The normalized spacial score (nSPS) is 11.9. The number of nitrogens with one attached hydrogen (secondary N) is 1. The number of rotatable bonds is 5. The number of hydrogen-bond acceptors (Lipinski definition) is 3. The average Bonchev–Trinajstić information content (AvgIpc) is 2.30.